The average molecular weight is 336 g/mol. The van der Waals surface area contributed by atoms with Crippen molar-refractivity contribution in [3.8, 4) is 6.07 Å². The molecule has 2 N–H and O–H groups in total. The number of rotatable bonds is 5. The van der Waals surface area contributed by atoms with Gasteiger partial charge in [0.2, 0.25) is 5.95 Å². The SMILES string of the molecule is CCCc1cc(N2CCNCC2C)nc(Nc2cccc(C#N)c2)n1. The summed E-state index contributed by atoms with van der Waals surface area (Å²) in [4.78, 5) is 11.7. The number of aryl methyl sites for hydroxylation is 1. The molecule has 1 aliphatic heterocycles. The van der Waals surface area contributed by atoms with Gasteiger partial charge in [-0.2, -0.15) is 10.2 Å². The Morgan fingerprint density at radius 1 is 1.36 bits per heavy atom. The van der Waals surface area contributed by atoms with Crippen LogP contribution in [-0.4, -0.2) is 35.6 Å². The lowest BCUT2D eigenvalue weighted by atomic mass is 10.2. The van der Waals surface area contributed by atoms with Gasteiger partial charge in [-0.3, -0.25) is 0 Å². The minimum Gasteiger partial charge on any atom is -0.351 e. The van der Waals surface area contributed by atoms with Gasteiger partial charge in [-0.15, -0.1) is 0 Å². The Hall–Kier alpha value is -2.65. The van der Waals surface area contributed by atoms with E-state index in [-0.39, 0.29) is 0 Å². The molecular weight excluding hydrogens is 312 g/mol. The standard InChI is InChI=1S/C19H24N6/c1-3-5-16-11-18(25-9-8-21-13-14(25)2)24-19(22-16)23-17-7-4-6-15(10-17)12-20/h4,6-7,10-11,14,21H,3,5,8-9,13H2,1-2H3,(H,22,23,24). The summed E-state index contributed by atoms with van der Waals surface area (Å²) in [5.74, 6) is 1.55. The van der Waals surface area contributed by atoms with Crippen LogP contribution in [0, 0.1) is 11.3 Å². The molecule has 0 radical (unpaired) electrons. The number of benzene rings is 1. The molecule has 130 valence electrons. The van der Waals surface area contributed by atoms with E-state index in [0.29, 0.717) is 17.6 Å². The fraction of sp³-hybridized carbons (Fsp3) is 0.421. The van der Waals surface area contributed by atoms with Gasteiger partial charge in [0.1, 0.15) is 5.82 Å². The lowest BCUT2D eigenvalue weighted by molar-refractivity contribution is 0.497. The van der Waals surface area contributed by atoms with Gasteiger partial charge >= 0.3 is 0 Å². The molecule has 0 bridgehead atoms. The molecule has 2 heterocycles. The lowest BCUT2D eigenvalue weighted by Gasteiger charge is -2.35. The van der Waals surface area contributed by atoms with Crippen molar-refractivity contribution in [2.24, 2.45) is 0 Å². The zero-order valence-corrected chi connectivity index (χ0v) is 14.8. The number of hydrogen-bond acceptors (Lipinski definition) is 6. The predicted octanol–water partition coefficient (Wildman–Crippen LogP) is 2.84. The van der Waals surface area contributed by atoms with E-state index < -0.39 is 0 Å². The van der Waals surface area contributed by atoms with Crippen LogP contribution in [0.4, 0.5) is 17.5 Å². The van der Waals surface area contributed by atoms with E-state index in [9.17, 15) is 0 Å². The molecular formula is C19H24N6. The van der Waals surface area contributed by atoms with Gasteiger partial charge in [-0.25, -0.2) is 4.98 Å². The first kappa shape index (κ1) is 17.2. The van der Waals surface area contributed by atoms with Gasteiger partial charge in [0, 0.05) is 43.1 Å². The summed E-state index contributed by atoms with van der Waals surface area (Å²) < 4.78 is 0. The van der Waals surface area contributed by atoms with E-state index in [0.717, 1.165) is 49.7 Å². The molecule has 25 heavy (non-hydrogen) atoms. The molecule has 6 heteroatoms. The first-order valence-corrected chi connectivity index (χ1v) is 8.82. The smallest absolute Gasteiger partial charge is 0.229 e. The average Bonchev–Trinajstić information content (AvgIpc) is 2.62. The fourth-order valence-corrected chi connectivity index (χ4v) is 3.05. The Labute approximate surface area is 148 Å². The maximum Gasteiger partial charge on any atom is 0.229 e. The maximum atomic E-state index is 9.06. The van der Waals surface area contributed by atoms with E-state index >= 15 is 0 Å². The Kier molecular flexibility index (Phi) is 5.46. The van der Waals surface area contributed by atoms with E-state index in [1.807, 2.05) is 18.2 Å². The molecule has 1 unspecified atom stereocenters. The number of piperazine rings is 1. The molecule has 1 fully saturated rings. The molecule has 1 aliphatic rings. The topological polar surface area (TPSA) is 76.9 Å². The van der Waals surface area contributed by atoms with Crippen molar-refractivity contribution in [1.82, 2.24) is 15.3 Å². The quantitative estimate of drug-likeness (QED) is 0.874. The van der Waals surface area contributed by atoms with Gasteiger partial charge in [0.15, 0.2) is 0 Å². The molecule has 6 nitrogen and oxygen atoms in total. The number of aromatic nitrogens is 2. The fourth-order valence-electron chi connectivity index (χ4n) is 3.05. The molecule has 0 spiro atoms. The van der Waals surface area contributed by atoms with Crippen LogP contribution in [0.15, 0.2) is 30.3 Å². The summed E-state index contributed by atoms with van der Waals surface area (Å²) in [6, 6.07) is 12.0. The summed E-state index contributed by atoms with van der Waals surface area (Å²) in [5.41, 5.74) is 2.48. The number of hydrogen-bond donors (Lipinski definition) is 2. The first-order valence-electron chi connectivity index (χ1n) is 8.82. The van der Waals surface area contributed by atoms with Crippen LogP contribution in [0.3, 0.4) is 0 Å². The Morgan fingerprint density at radius 2 is 2.24 bits per heavy atom. The largest absolute Gasteiger partial charge is 0.351 e. The molecule has 1 atom stereocenters. The van der Waals surface area contributed by atoms with E-state index in [4.69, 9.17) is 10.2 Å². The second kappa shape index (κ2) is 7.95. The van der Waals surface area contributed by atoms with Crippen LogP contribution in [0.25, 0.3) is 0 Å². The van der Waals surface area contributed by atoms with Crippen LogP contribution in [0.1, 0.15) is 31.5 Å². The van der Waals surface area contributed by atoms with Gasteiger partial charge in [0.05, 0.1) is 11.6 Å². The highest BCUT2D eigenvalue weighted by molar-refractivity contribution is 5.58. The number of nitrogens with zero attached hydrogens (tertiary/aromatic N) is 4. The molecule has 0 saturated carbocycles. The van der Waals surface area contributed by atoms with E-state index in [1.165, 1.54) is 0 Å². The third-order valence-corrected chi connectivity index (χ3v) is 4.32. The molecule has 1 aromatic heterocycles. The highest BCUT2D eigenvalue weighted by Crippen LogP contribution is 2.22. The summed E-state index contributed by atoms with van der Waals surface area (Å²) >= 11 is 0. The van der Waals surface area contributed by atoms with Crippen molar-refractivity contribution in [3.05, 3.63) is 41.6 Å². The lowest BCUT2D eigenvalue weighted by Crippen LogP contribution is -2.50. The third kappa shape index (κ3) is 4.25. The molecule has 0 aliphatic carbocycles. The van der Waals surface area contributed by atoms with Crippen molar-refractivity contribution < 1.29 is 0 Å². The van der Waals surface area contributed by atoms with Gasteiger partial charge < -0.3 is 15.5 Å². The molecule has 1 saturated heterocycles. The first-order chi connectivity index (χ1) is 12.2. The zero-order valence-electron chi connectivity index (χ0n) is 14.8. The van der Waals surface area contributed by atoms with Crippen molar-refractivity contribution >= 4 is 17.5 Å². The Bertz CT molecular complexity index is 767. The van der Waals surface area contributed by atoms with E-state index in [1.54, 1.807) is 6.07 Å². The van der Waals surface area contributed by atoms with Crippen LogP contribution in [-0.2, 0) is 6.42 Å². The van der Waals surface area contributed by atoms with Gasteiger partial charge in [-0.05, 0) is 31.5 Å². The van der Waals surface area contributed by atoms with Crippen LogP contribution in [0.5, 0.6) is 0 Å². The van der Waals surface area contributed by atoms with Gasteiger partial charge in [0.25, 0.3) is 0 Å². The number of anilines is 3. The third-order valence-electron chi connectivity index (χ3n) is 4.32. The van der Waals surface area contributed by atoms with Gasteiger partial charge in [-0.1, -0.05) is 19.4 Å². The molecule has 1 aromatic carbocycles. The molecule has 0 amide bonds. The minimum atomic E-state index is 0.396. The van der Waals surface area contributed by atoms with E-state index in [2.05, 4.69) is 46.5 Å². The summed E-state index contributed by atoms with van der Waals surface area (Å²) in [6.07, 6.45) is 1.96. The van der Waals surface area contributed by atoms with Crippen LogP contribution < -0.4 is 15.5 Å². The van der Waals surface area contributed by atoms with Crippen molar-refractivity contribution in [3.63, 3.8) is 0 Å². The maximum absolute atomic E-state index is 9.06. The second-order valence-corrected chi connectivity index (χ2v) is 6.36. The Morgan fingerprint density at radius 3 is 3.00 bits per heavy atom. The summed E-state index contributed by atoms with van der Waals surface area (Å²) in [5, 5.41) is 15.7. The zero-order chi connectivity index (χ0) is 17.6. The molecule has 2 aromatic rings. The second-order valence-electron chi connectivity index (χ2n) is 6.36. The Balaban J connectivity index is 1.91. The minimum absolute atomic E-state index is 0.396. The van der Waals surface area contributed by atoms with Crippen molar-refractivity contribution in [2.45, 2.75) is 32.7 Å². The number of nitriles is 1. The summed E-state index contributed by atoms with van der Waals surface area (Å²) in [7, 11) is 0. The highest BCUT2D eigenvalue weighted by Gasteiger charge is 2.20. The highest BCUT2D eigenvalue weighted by atomic mass is 15.3. The van der Waals surface area contributed by atoms with Crippen LogP contribution >= 0.6 is 0 Å². The monoisotopic (exact) mass is 336 g/mol. The predicted molar refractivity (Wildman–Crippen MR) is 100 cm³/mol. The van der Waals surface area contributed by atoms with Crippen LogP contribution in [0.2, 0.25) is 0 Å². The summed E-state index contributed by atoms with van der Waals surface area (Å²) in [6.45, 7) is 7.22. The molecule has 3 rings (SSSR count). The number of nitrogens with one attached hydrogen (secondary N) is 2. The van der Waals surface area contributed by atoms with Crippen molar-refractivity contribution in [1.29, 1.82) is 5.26 Å². The van der Waals surface area contributed by atoms with Crippen molar-refractivity contribution in [2.75, 3.05) is 29.9 Å². The normalized spacial score (nSPS) is 17.2.